The highest BCUT2D eigenvalue weighted by Crippen LogP contribution is 2.47. The van der Waals surface area contributed by atoms with E-state index in [9.17, 15) is 4.79 Å². The van der Waals surface area contributed by atoms with Gasteiger partial charge in [0.15, 0.2) is 5.72 Å². The molecule has 5 nitrogen and oxygen atoms in total. The maximum absolute atomic E-state index is 13.1. The molecule has 0 aromatic heterocycles. The molecule has 2 heterocycles. The highest BCUT2D eigenvalue weighted by molar-refractivity contribution is 6.30. The van der Waals surface area contributed by atoms with Crippen LogP contribution in [0.2, 0.25) is 5.02 Å². The Morgan fingerprint density at radius 1 is 1.08 bits per heavy atom. The minimum atomic E-state index is -1.01. The minimum absolute atomic E-state index is 0.121. The second-order valence-corrected chi connectivity index (χ2v) is 6.56. The van der Waals surface area contributed by atoms with Crippen molar-refractivity contribution in [1.29, 1.82) is 0 Å². The van der Waals surface area contributed by atoms with Crippen LogP contribution in [0.5, 0.6) is 0 Å². The van der Waals surface area contributed by atoms with Crippen LogP contribution in [-0.2, 0) is 15.2 Å². The molecule has 2 aromatic carbocycles. The lowest BCUT2D eigenvalue weighted by Crippen LogP contribution is -2.61. The zero-order chi connectivity index (χ0) is 17.4. The normalized spacial score (nSPS) is 23.5. The first kappa shape index (κ1) is 16.4. The minimum Gasteiger partial charge on any atom is -0.377 e. The topological polar surface area (TPSA) is 42.0 Å². The summed E-state index contributed by atoms with van der Waals surface area (Å²) < 4.78 is 11.9. The SMILES string of the molecule is CN1C(=O)N2CCOCCOC2(c2ccccc2)c2cc(Cl)ccc21. The Morgan fingerprint density at radius 2 is 1.88 bits per heavy atom. The van der Waals surface area contributed by atoms with Gasteiger partial charge in [-0.05, 0) is 18.2 Å². The molecule has 0 spiro atoms. The van der Waals surface area contributed by atoms with Crippen LogP contribution in [0.15, 0.2) is 48.5 Å². The van der Waals surface area contributed by atoms with Crippen LogP contribution in [-0.4, -0.2) is 44.3 Å². The molecule has 2 amide bonds. The Kier molecular flexibility index (Phi) is 4.15. The first-order valence-corrected chi connectivity index (χ1v) is 8.65. The van der Waals surface area contributed by atoms with Crippen molar-refractivity contribution in [3.63, 3.8) is 0 Å². The van der Waals surface area contributed by atoms with Crippen molar-refractivity contribution in [2.45, 2.75) is 5.72 Å². The molecule has 1 unspecified atom stereocenters. The molecule has 130 valence electrons. The van der Waals surface area contributed by atoms with Crippen molar-refractivity contribution in [3.05, 3.63) is 64.7 Å². The molecule has 0 bridgehead atoms. The van der Waals surface area contributed by atoms with E-state index in [1.54, 1.807) is 22.9 Å². The number of carbonyl (C=O) groups excluding carboxylic acids is 1. The number of rotatable bonds is 1. The number of anilines is 1. The molecule has 25 heavy (non-hydrogen) atoms. The van der Waals surface area contributed by atoms with Gasteiger partial charge in [0.1, 0.15) is 0 Å². The van der Waals surface area contributed by atoms with E-state index in [4.69, 9.17) is 21.1 Å². The van der Waals surface area contributed by atoms with Gasteiger partial charge in [-0.15, -0.1) is 0 Å². The predicted octanol–water partition coefficient (Wildman–Crippen LogP) is 3.46. The summed E-state index contributed by atoms with van der Waals surface area (Å²) in [6.45, 7) is 1.77. The van der Waals surface area contributed by atoms with Gasteiger partial charge in [-0.3, -0.25) is 9.80 Å². The molecular formula is C19H19ClN2O3. The number of ether oxygens (including phenoxy) is 2. The third kappa shape index (κ3) is 2.51. The zero-order valence-corrected chi connectivity index (χ0v) is 14.7. The summed E-state index contributed by atoms with van der Waals surface area (Å²) in [4.78, 5) is 16.5. The van der Waals surface area contributed by atoms with Crippen molar-refractivity contribution in [3.8, 4) is 0 Å². The van der Waals surface area contributed by atoms with E-state index >= 15 is 0 Å². The molecule has 2 aliphatic heterocycles. The van der Waals surface area contributed by atoms with Crippen LogP contribution in [0.4, 0.5) is 10.5 Å². The lowest BCUT2D eigenvalue weighted by atomic mass is 9.88. The van der Waals surface area contributed by atoms with E-state index < -0.39 is 5.72 Å². The van der Waals surface area contributed by atoms with Crippen molar-refractivity contribution >= 4 is 23.3 Å². The first-order chi connectivity index (χ1) is 12.1. The molecular weight excluding hydrogens is 340 g/mol. The molecule has 2 aliphatic rings. The van der Waals surface area contributed by atoms with E-state index in [-0.39, 0.29) is 6.03 Å². The van der Waals surface area contributed by atoms with Gasteiger partial charge in [0.2, 0.25) is 0 Å². The Bertz CT molecular complexity index is 799. The third-order valence-corrected chi connectivity index (χ3v) is 4.98. The van der Waals surface area contributed by atoms with E-state index in [1.807, 2.05) is 42.5 Å². The summed E-state index contributed by atoms with van der Waals surface area (Å²) >= 11 is 6.31. The number of halogens is 1. The quantitative estimate of drug-likeness (QED) is 0.784. The molecule has 0 saturated carbocycles. The zero-order valence-electron chi connectivity index (χ0n) is 13.9. The van der Waals surface area contributed by atoms with Crippen LogP contribution in [0, 0.1) is 0 Å². The monoisotopic (exact) mass is 358 g/mol. The van der Waals surface area contributed by atoms with Gasteiger partial charge in [-0.2, -0.15) is 0 Å². The van der Waals surface area contributed by atoms with Crippen LogP contribution >= 0.6 is 11.6 Å². The molecule has 1 fully saturated rings. The smallest absolute Gasteiger partial charge is 0.327 e. The number of hydrogen-bond donors (Lipinski definition) is 0. The largest absolute Gasteiger partial charge is 0.377 e. The van der Waals surface area contributed by atoms with Gasteiger partial charge in [-0.1, -0.05) is 41.9 Å². The fraction of sp³-hybridized carbons (Fsp3) is 0.316. The highest BCUT2D eigenvalue weighted by atomic mass is 35.5. The fourth-order valence-electron chi connectivity index (χ4n) is 3.61. The van der Waals surface area contributed by atoms with Crippen LogP contribution < -0.4 is 4.90 Å². The van der Waals surface area contributed by atoms with Gasteiger partial charge in [0, 0.05) is 29.7 Å². The summed E-state index contributed by atoms with van der Waals surface area (Å²) in [7, 11) is 1.77. The Balaban J connectivity index is 2.02. The van der Waals surface area contributed by atoms with Gasteiger partial charge < -0.3 is 9.47 Å². The van der Waals surface area contributed by atoms with E-state index in [2.05, 4.69) is 0 Å². The van der Waals surface area contributed by atoms with Gasteiger partial charge in [-0.25, -0.2) is 4.79 Å². The highest BCUT2D eigenvalue weighted by Gasteiger charge is 2.51. The fourth-order valence-corrected chi connectivity index (χ4v) is 3.78. The summed E-state index contributed by atoms with van der Waals surface area (Å²) in [6, 6.07) is 15.3. The molecule has 0 N–H and O–H groups in total. The predicted molar refractivity (Wildman–Crippen MR) is 96.0 cm³/mol. The number of urea groups is 1. The summed E-state index contributed by atoms with van der Waals surface area (Å²) in [5.74, 6) is 0. The molecule has 0 aliphatic carbocycles. The van der Waals surface area contributed by atoms with E-state index in [0.29, 0.717) is 31.4 Å². The molecule has 0 radical (unpaired) electrons. The van der Waals surface area contributed by atoms with Crippen LogP contribution in [0.3, 0.4) is 0 Å². The number of benzene rings is 2. The van der Waals surface area contributed by atoms with Crippen molar-refractivity contribution in [1.82, 2.24) is 4.90 Å². The lowest BCUT2D eigenvalue weighted by Gasteiger charge is -2.50. The average Bonchev–Trinajstić information content (AvgIpc) is 2.61. The molecule has 1 atom stereocenters. The molecule has 6 heteroatoms. The molecule has 4 rings (SSSR count). The standard InChI is InChI=1S/C19H19ClN2O3/c1-21-17-8-7-15(20)13-16(17)19(14-5-3-2-4-6-14)22(18(21)23)9-10-24-11-12-25-19/h2-8,13H,9-12H2,1H3. The van der Waals surface area contributed by atoms with Crippen molar-refractivity contribution in [2.75, 3.05) is 38.3 Å². The summed E-state index contributed by atoms with van der Waals surface area (Å²) in [6.07, 6.45) is 0. The summed E-state index contributed by atoms with van der Waals surface area (Å²) in [5, 5.41) is 0.610. The maximum Gasteiger partial charge on any atom is 0.327 e. The van der Waals surface area contributed by atoms with Gasteiger partial charge >= 0.3 is 6.03 Å². The second kappa shape index (κ2) is 6.33. The second-order valence-electron chi connectivity index (χ2n) is 6.13. The Labute approximate surface area is 151 Å². The average molecular weight is 359 g/mol. The number of hydrogen-bond acceptors (Lipinski definition) is 3. The van der Waals surface area contributed by atoms with Gasteiger partial charge in [0.05, 0.1) is 25.5 Å². The number of nitrogens with zero attached hydrogens (tertiary/aromatic N) is 2. The van der Waals surface area contributed by atoms with Gasteiger partial charge in [0.25, 0.3) is 0 Å². The molecule has 1 saturated heterocycles. The number of fused-ring (bicyclic) bond motifs is 3. The third-order valence-electron chi connectivity index (χ3n) is 4.75. The summed E-state index contributed by atoms with van der Waals surface area (Å²) in [5.41, 5.74) is 1.57. The van der Waals surface area contributed by atoms with Crippen molar-refractivity contribution < 1.29 is 14.3 Å². The number of carbonyl (C=O) groups is 1. The molecule has 2 aromatic rings. The van der Waals surface area contributed by atoms with E-state index in [1.165, 1.54) is 0 Å². The van der Waals surface area contributed by atoms with Crippen molar-refractivity contribution in [2.24, 2.45) is 0 Å². The first-order valence-electron chi connectivity index (χ1n) is 8.27. The van der Waals surface area contributed by atoms with Crippen LogP contribution in [0.1, 0.15) is 11.1 Å². The Morgan fingerprint density at radius 3 is 2.68 bits per heavy atom. The van der Waals surface area contributed by atoms with Crippen LogP contribution in [0.25, 0.3) is 0 Å². The Hall–Kier alpha value is -2.08. The maximum atomic E-state index is 13.1. The van der Waals surface area contributed by atoms with E-state index in [0.717, 1.165) is 16.8 Å². The lowest BCUT2D eigenvalue weighted by molar-refractivity contribution is -0.148. The number of amides is 2.